The SMILES string of the molecule is Cc1nc2c(OCc3ccc(Cl)cc3)cccn2c1N. The van der Waals surface area contributed by atoms with Gasteiger partial charge in [0.25, 0.3) is 0 Å². The Balaban J connectivity index is 1.87. The number of pyridine rings is 1. The predicted molar refractivity (Wildman–Crippen MR) is 80.1 cm³/mol. The summed E-state index contributed by atoms with van der Waals surface area (Å²) in [6.45, 7) is 2.34. The second-order valence-electron chi connectivity index (χ2n) is 4.56. The number of imidazole rings is 1. The first-order valence-electron chi connectivity index (χ1n) is 6.25. The molecule has 0 bridgehead atoms. The largest absolute Gasteiger partial charge is 0.485 e. The van der Waals surface area contributed by atoms with Crippen LogP contribution in [0.2, 0.25) is 5.02 Å². The van der Waals surface area contributed by atoms with Gasteiger partial charge in [-0.1, -0.05) is 23.7 Å². The predicted octanol–water partition coefficient (Wildman–Crippen LogP) is 3.46. The molecule has 3 aromatic rings. The number of rotatable bonds is 3. The van der Waals surface area contributed by atoms with Crippen LogP contribution in [0.15, 0.2) is 42.6 Å². The second-order valence-corrected chi connectivity index (χ2v) is 5.00. The molecule has 0 saturated heterocycles. The van der Waals surface area contributed by atoms with Crippen molar-refractivity contribution in [3.05, 3.63) is 58.9 Å². The molecule has 3 rings (SSSR count). The Morgan fingerprint density at radius 3 is 2.75 bits per heavy atom. The molecular weight excluding hydrogens is 274 g/mol. The average molecular weight is 288 g/mol. The molecule has 0 spiro atoms. The Bertz CT molecular complexity index is 750. The summed E-state index contributed by atoms with van der Waals surface area (Å²) in [6, 6.07) is 11.3. The van der Waals surface area contributed by atoms with Crippen LogP contribution < -0.4 is 10.5 Å². The highest BCUT2D eigenvalue weighted by molar-refractivity contribution is 6.30. The van der Waals surface area contributed by atoms with E-state index in [4.69, 9.17) is 22.1 Å². The molecule has 0 aliphatic carbocycles. The van der Waals surface area contributed by atoms with E-state index in [1.807, 2.05) is 53.9 Å². The normalized spacial score (nSPS) is 10.9. The fraction of sp³-hybridized carbons (Fsp3) is 0.133. The highest BCUT2D eigenvalue weighted by Gasteiger charge is 2.09. The molecule has 0 radical (unpaired) electrons. The standard InChI is InChI=1S/C15H14ClN3O/c1-10-14(17)19-8-2-3-13(15(19)18-10)20-9-11-4-6-12(16)7-5-11/h2-8H,9,17H2,1H3. The van der Waals surface area contributed by atoms with Crippen molar-refractivity contribution in [1.82, 2.24) is 9.38 Å². The van der Waals surface area contributed by atoms with E-state index in [2.05, 4.69) is 4.98 Å². The van der Waals surface area contributed by atoms with E-state index in [0.29, 0.717) is 23.2 Å². The van der Waals surface area contributed by atoms with E-state index in [1.165, 1.54) is 0 Å². The summed E-state index contributed by atoms with van der Waals surface area (Å²) in [5.41, 5.74) is 8.54. The molecule has 0 aliphatic rings. The van der Waals surface area contributed by atoms with Gasteiger partial charge in [0.05, 0.1) is 5.69 Å². The monoisotopic (exact) mass is 287 g/mol. The van der Waals surface area contributed by atoms with E-state index >= 15 is 0 Å². The van der Waals surface area contributed by atoms with E-state index in [9.17, 15) is 0 Å². The summed E-state index contributed by atoms with van der Waals surface area (Å²) < 4.78 is 7.66. The van der Waals surface area contributed by atoms with Crippen molar-refractivity contribution in [3.63, 3.8) is 0 Å². The number of hydrogen-bond donors (Lipinski definition) is 1. The number of fused-ring (bicyclic) bond motifs is 1. The van der Waals surface area contributed by atoms with Gasteiger partial charge in [-0.3, -0.25) is 4.40 Å². The van der Waals surface area contributed by atoms with Crippen molar-refractivity contribution in [2.24, 2.45) is 0 Å². The summed E-state index contributed by atoms with van der Waals surface area (Å²) in [4.78, 5) is 4.43. The van der Waals surface area contributed by atoms with Gasteiger partial charge in [0.2, 0.25) is 0 Å². The minimum Gasteiger partial charge on any atom is -0.485 e. The molecule has 0 saturated carbocycles. The number of benzene rings is 1. The van der Waals surface area contributed by atoms with E-state index in [-0.39, 0.29) is 0 Å². The molecule has 2 N–H and O–H groups in total. The third kappa shape index (κ3) is 2.30. The molecular formula is C15H14ClN3O. The smallest absolute Gasteiger partial charge is 0.181 e. The maximum atomic E-state index is 5.96. The van der Waals surface area contributed by atoms with Crippen molar-refractivity contribution >= 4 is 23.1 Å². The van der Waals surface area contributed by atoms with Crippen LogP contribution in [0.3, 0.4) is 0 Å². The molecule has 5 heteroatoms. The summed E-state index contributed by atoms with van der Waals surface area (Å²) in [5.74, 6) is 1.35. The molecule has 102 valence electrons. The summed E-state index contributed by atoms with van der Waals surface area (Å²) in [5, 5.41) is 0.715. The Hall–Kier alpha value is -2.20. The lowest BCUT2D eigenvalue weighted by Crippen LogP contribution is -1.98. The van der Waals surface area contributed by atoms with Crippen LogP contribution in [0.5, 0.6) is 5.75 Å². The van der Waals surface area contributed by atoms with Crippen molar-refractivity contribution < 1.29 is 4.74 Å². The topological polar surface area (TPSA) is 52.5 Å². The molecule has 2 aromatic heterocycles. The Kier molecular flexibility index (Phi) is 3.24. The first-order chi connectivity index (χ1) is 9.65. The molecule has 0 aliphatic heterocycles. The van der Waals surface area contributed by atoms with Crippen LogP contribution >= 0.6 is 11.6 Å². The highest BCUT2D eigenvalue weighted by Crippen LogP contribution is 2.24. The molecule has 0 atom stereocenters. The number of aryl methyl sites for hydroxylation is 1. The number of aromatic nitrogens is 2. The van der Waals surface area contributed by atoms with Crippen LogP contribution in [0.25, 0.3) is 5.65 Å². The quantitative estimate of drug-likeness (QED) is 0.802. The maximum absolute atomic E-state index is 5.96. The summed E-state index contributed by atoms with van der Waals surface area (Å²) in [7, 11) is 0. The van der Waals surface area contributed by atoms with Crippen LogP contribution in [-0.2, 0) is 6.61 Å². The van der Waals surface area contributed by atoms with E-state index in [0.717, 1.165) is 16.9 Å². The van der Waals surface area contributed by atoms with Gasteiger partial charge in [-0.2, -0.15) is 0 Å². The molecule has 2 heterocycles. The van der Waals surface area contributed by atoms with Gasteiger partial charge in [-0.15, -0.1) is 0 Å². The number of anilines is 1. The van der Waals surface area contributed by atoms with Crippen molar-refractivity contribution in [2.45, 2.75) is 13.5 Å². The molecule has 1 aromatic carbocycles. The van der Waals surface area contributed by atoms with Gasteiger partial charge in [-0.05, 0) is 36.8 Å². The van der Waals surface area contributed by atoms with Crippen molar-refractivity contribution in [1.29, 1.82) is 0 Å². The Labute approximate surface area is 121 Å². The van der Waals surface area contributed by atoms with E-state index < -0.39 is 0 Å². The van der Waals surface area contributed by atoms with Crippen molar-refractivity contribution in [2.75, 3.05) is 5.73 Å². The van der Waals surface area contributed by atoms with Gasteiger partial charge in [0.15, 0.2) is 11.4 Å². The first-order valence-corrected chi connectivity index (χ1v) is 6.63. The van der Waals surface area contributed by atoms with Crippen LogP contribution in [0, 0.1) is 6.92 Å². The minimum absolute atomic E-state index is 0.461. The minimum atomic E-state index is 0.461. The number of nitrogens with zero attached hydrogens (tertiary/aromatic N) is 2. The number of hydrogen-bond acceptors (Lipinski definition) is 3. The van der Waals surface area contributed by atoms with Crippen LogP contribution in [0.4, 0.5) is 5.82 Å². The summed E-state index contributed by atoms with van der Waals surface area (Å²) >= 11 is 5.86. The fourth-order valence-corrected chi connectivity index (χ4v) is 2.15. The van der Waals surface area contributed by atoms with Crippen molar-refractivity contribution in [3.8, 4) is 5.75 Å². The average Bonchev–Trinajstić information content (AvgIpc) is 2.75. The second kappa shape index (κ2) is 5.06. The zero-order chi connectivity index (χ0) is 14.1. The number of halogens is 1. The molecule has 0 unspecified atom stereocenters. The van der Waals surface area contributed by atoms with Gasteiger partial charge >= 0.3 is 0 Å². The van der Waals surface area contributed by atoms with E-state index in [1.54, 1.807) is 0 Å². The zero-order valence-corrected chi connectivity index (χ0v) is 11.8. The van der Waals surface area contributed by atoms with Gasteiger partial charge < -0.3 is 10.5 Å². The first kappa shape index (κ1) is 12.8. The van der Waals surface area contributed by atoms with Gasteiger partial charge in [0, 0.05) is 11.2 Å². The third-order valence-electron chi connectivity index (χ3n) is 3.14. The lowest BCUT2D eigenvalue weighted by Gasteiger charge is -2.07. The number of nitrogen functional groups attached to an aromatic ring is 1. The molecule has 0 fully saturated rings. The zero-order valence-electron chi connectivity index (χ0n) is 11.0. The fourth-order valence-electron chi connectivity index (χ4n) is 2.03. The lowest BCUT2D eigenvalue weighted by atomic mass is 10.2. The molecule has 20 heavy (non-hydrogen) atoms. The van der Waals surface area contributed by atoms with Gasteiger partial charge in [0.1, 0.15) is 12.4 Å². The maximum Gasteiger partial charge on any atom is 0.181 e. The Morgan fingerprint density at radius 2 is 2.00 bits per heavy atom. The third-order valence-corrected chi connectivity index (χ3v) is 3.39. The molecule has 4 nitrogen and oxygen atoms in total. The number of nitrogens with two attached hydrogens (primary N) is 1. The Morgan fingerprint density at radius 1 is 1.25 bits per heavy atom. The van der Waals surface area contributed by atoms with Crippen LogP contribution in [0.1, 0.15) is 11.3 Å². The highest BCUT2D eigenvalue weighted by atomic mass is 35.5. The molecule has 0 amide bonds. The van der Waals surface area contributed by atoms with Gasteiger partial charge in [-0.25, -0.2) is 4.98 Å². The van der Waals surface area contributed by atoms with Crippen LogP contribution in [-0.4, -0.2) is 9.38 Å². The summed E-state index contributed by atoms with van der Waals surface area (Å²) in [6.07, 6.45) is 1.87. The lowest BCUT2D eigenvalue weighted by molar-refractivity contribution is 0.308. The number of ether oxygens (including phenoxy) is 1.